The fourth-order valence-corrected chi connectivity index (χ4v) is 4.53. The molecule has 0 spiro atoms. The quantitative estimate of drug-likeness (QED) is 0.693. The predicted octanol–water partition coefficient (Wildman–Crippen LogP) is 2.09. The van der Waals surface area contributed by atoms with Crippen molar-refractivity contribution < 1.29 is 17.9 Å². The molecule has 1 fully saturated rings. The lowest BCUT2D eigenvalue weighted by molar-refractivity contribution is 0.0950. The summed E-state index contributed by atoms with van der Waals surface area (Å²) in [6.45, 7) is 5.21. The summed E-state index contributed by atoms with van der Waals surface area (Å²) in [7, 11) is -1.50. The molecule has 162 valence electrons. The van der Waals surface area contributed by atoms with Crippen molar-refractivity contribution in [2.45, 2.75) is 20.0 Å². The van der Waals surface area contributed by atoms with Crippen molar-refractivity contribution in [2.75, 3.05) is 39.0 Å². The molecule has 8 heteroatoms. The van der Waals surface area contributed by atoms with Crippen LogP contribution in [0, 0.1) is 0 Å². The Bertz CT molecular complexity index is 953. The fourth-order valence-electron chi connectivity index (χ4n) is 3.45. The maximum atomic E-state index is 12.5. The van der Waals surface area contributed by atoms with E-state index in [0.29, 0.717) is 44.8 Å². The van der Waals surface area contributed by atoms with Crippen LogP contribution in [-0.4, -0.2) is 62.6 Å². The van der Waals surface area contributed by atoms with Crippen LogP contribution >= 0.6 is 0 Å². The van der Waals surface area contributed by atoms with E-state index < -0.39 is 10.0 Å². The molecule has 0 unspecified atom stereocenters. The van der Waals surface area contributed by atoms with Crippen LogP contribution < -0.4 is 10.1 Å². The van der Waals surface area contributed by atoms with Crippen molar-refractivity contribution in [1.82, 2.24) is 14.5 Å². The number of piperazine rings is 1. The van der Waals surface area contributed by atoms with Crippen molar-refractivity contribution in [3.05, 3.63) is 65.2 Å². The second kappa shape index (κ2) is 10.1. The summed E-state index contributed by atoms with van der Waals surface area (Å²) < 4.78 is 30.7. The number of rotatable bonds is 8. The minimum atomic E-state index is -3.12. The standard InChI is InChI=1S/C22H29N3O4S/c1-3-30(27,28)25-13-11-24(12-14-25)17-19-5-4-6-20(15-19)22(26)23-16-18-7-9-21(29-2)10-8-18/h4-10,15H,3,11-14,16-17H2,1-2H3,(H,23,26). The van der Waals surface area contributed by atoms with Crippen LogP contribution in [0.2, 0.25) is 0 Å². The van der Waals surface area contributed by atoms with E-state index in [-0.39, 0.29) is 11.7 Å². The fraction of sp³-hybridized carbons (Fsp3) is 0.409. The van der Waals surface area contributed by atoms with Crippen molar-refractivity contribution in [3.63, 3.8) is 0 Å². The first kappa shape index (κ1) is 22.3. The molecule has 0 bridgehead atoms. The van der Waals surface area contributed by atoms with Crippen LogP contribution in [0.1, 0.15) is 28.4 Å². The van der Waals surface area contributed by atoms with Gasteiger partial charge in [-0.3, -0.25) is 9.69 Å². The molecule has 0 radical (unpaired) electrons. The summed E-state index contributed by atoms with van der Waals surface area (Å²) in [4.78, 5) is 14.8. The van der Waals surface area contributed by atoms with Crippen LogP contribution in [0.4, 0.5) is 0 Å². The highest BCUT2D eigenvalue weighted by molar-refractivity contribution is 7.89. The largest absolute Gasteiger partial charge is 0.497 e. The number of sulfonamides is 1. The zero-order valence-corrected chi connectivity index (χ0v) is 18.3. The molecule has 1 amide bonds. The molecule has 2 aromatic rings. The minimum Gasteiger partial charge on any atom is -0.497 e. The Morgan fingerprint density at radius 1 is 1.03 bits per heavy atom. The van der Waals surface area contributed by atoms with Gasteiger partial charge in [0.2, 0.25) is 10.0 Å². The van der Waals surface area contributed by atoms with Crippen LogP contribution in [0.15, 0.2) is 48.5 Å². The molecule has 1 N–H and O–H groups in total. The Morgan fingerprint density at radius 2 is 1.73 bits per heavy atom. The Hall–Kier alpha value is -2.42. The van der Waals surface area contributed by atoms with Gasteiger partial charge in [0.1, 0.15) is 5.75 Å². The van der Waals surface area contributed by atoms with Crippen molar-refractivity contribution in [3.8, 4) is 5.75 Å². The van der Waals surface area contributed by atoms with E-state index in [1.54, 1.807) is 24.4 Å². The molecule has 1 aliphatic heterocycles. The third-order valence-electron chi connectivity index (χ3n) is 5.30. The number of carbonyl (C=O) groups excluding carboxylic acids is 1. The topological polar surface area (TPSA) is 79.0 Å². The van der Waals surface area contributed by atoms with E-state index in [1.165, 1.54) is 0 Å². The molecular formula is C22H29N3O4S. The second-order valence-corrected chi connectivity index (χ2v) is 9.56. The molecular weight excluding hydrogens is 402 g/mol. The van der Waals surface area contributed by atoms with Gasteiger partial charge in [0.15, 0.2) is 0 Å². The third kappa shape index (κ3) is 5.81. The maximum Gasteiger partial charge on any atom is 0.251 e. The first-order valence-electron chi connectivity index (χ1n) is 10.1. The molecule has 1 aliphatic rings. The molecule has 1 heterocycles. The molecule has 3 rings (SSSR count). The van der Waals surface area contributed by atoms with Crippen LogP contribution in [0.25, 0.3) is 0 Å². The van der Waals surface area contributed by atoms with Gasteiger partial charge in [0, 0.05) is 44.8 Å². The second-order valence-electron chi connectivity index (χ2n) is 7.31. The molecule has 0 aliphatic carbocycles. The van der Waals surface area contributed by atoms with Crippen molar-refractivity contribution >= 4 is 15.9 Å². The summed E-state index contributed by atoms with van der Waals surface area (Å²) >= 11 is 0. The number of hydrogen-bond donors (Lipinski definition) is 1. The lowest BCUT2D eigenvalue weighted by Gasteiger charge is -2.33. The van der Waals surface area contributed by atoms with E-state index in [4.69, 9.17) is 4.74 Å². The number of carbonyl (C=O) groups is 1. The SMILES string of the molecule is CCS(=O)(=O)N1CCN(Cc2cccc(C(=O)NCc3ccc(OC)cc3)c2)CC1. The number of hydrogen-bond acceptors (Lipinski definition) is 5. The van der Waals surface area contributed by atoms with E-state index in [2.05, 4.69) is 10.2 Å². The molecule has 1 saturated heterocycles. The minimum absolute atomic E-state index is 0.119. The molecule has 0 saturated carbocycles. The summed E-state index contributed by atoms with van der Waals surface area (Å²) in [5, 5.41) is 2.95. The van der Waals surface area contributed by atoms with Gasteiger partial charge in [-0.1, -0.05) is 24.3 Å². The van der Waals surface area contributed by atoms with Crippen LogP contribution in [0.5, 0.6) is 5.75 Å². The first-order valence-corrected chi connectivity index (χ1v) is 11.7. The highest BCUT2D eigenvalue weighted by atomic mass is 32.2. The summed E-state index contributed by atoms with van der Waals surface area (Å²) in [6, 6.07) is 15.2. The van der Waals surface area contributed by atoms with E-state index in [9.17, 15) is 13.2 Å². The van der Waals surface area contributed by atoms with Gasteiger partial charge in [-0.05, 0) is 42.3 Å². The summed E-state index contributed by atoms with van der Waals surface area (Å²) in [5.41, 5.74) is 2.66. The average Bonchev–Trinajstić information content (AvgIpc) is 2.78. The normalized spacial score (nSPS) is 15.7. The van der Waals surface area contributed by atoms with Gasteiger partial charge < -0.3 is 10.1 Å². The average molecular weight is 432 g/mol. The smallest absolute Gasteiger partial charge is 0.251 e. The van der Waals surface area contributed by atoms with Gasteiger partial charge in [0.05, 0.1) is 12.9 Å². The zero-order chi connectivity index (χ0) is 21.6. The summed E-state index contributed by atoms with van der Waals surface area (Å²) in [6.07, 6.45) is 0. The molecule has 2 aromatic carbocycles. The van der Waals surface area contributed by atoms with Crippen LogP contribution in [0.3, 0.4) is 0 Å². The maximum absolute atomic E-state index is 12.5. The van der Waals surface area contributed by atoms with Crippen LogP contribution in [-0.2, 0) is 23.1 Å². The number of benzene rings is 2. The molecule has 0 atom stereocenters. The van der Waals surface area contributed by atoms with Gasteiger partial charge in [-0.15, -0.1) is 0 Å². The molecule has 7 nitrogen and oxygen atoms in total. The lowest BCUT2D eigenvalue weighted by atomic mass is 10.1. The molecule has 0 aromatic heterocycles. The monoisotopic (exact) mass is 431 g/mol. The van der Waals surface area contributed by atoms with Gasteiger partial charge in [-0.25, -0.2) is 8.42 Å². The zero-order valence-electron chi connectivity index (χ0n) is 17.5. The van der Waals surface area contributed by atoms with Gasteiger partial charge in [0.25, 0.3) is 5.91 Å². The van der Waals surface area contributed by atoms with E-state index in [0.717, 1.165) is 16.9 Å². The number of nitrogens with one attached hydrogen (secondary N) is 1. The van der Waals surface area contributed by atoms with Gasteiger partial charge >= 0.3 is 0 Å². The van der Waals surface area contributed by atoms with E-state index >= 15 is 0 Å². The van der Waals surface area contributed by atoms with E-state index in [1.807, 2.05) is 42.5 Å². The Labute approximate surface area is 178 Å². The Morgan fingerprint density at radius 3 is 2.37 bits per heavy atom. The number of amides is 1. The van der Waals surface area contributed by atoms with Crippen molar-refractivity contribution in [1.29, 1.82) is 0 Å². The predicted molar refractivity (Wildman–Crippen MR) is 117 cm³/mol. The summed E-state index contributed by atoms with van der Waals surface area (Å²) in [5.74, 6) is 0.804. The number of ether oxygens (including phenoxy) is 1. The lowest BCUT2D eigenvalue weighted by Crippen LogP contribution is -2.48. The highest BCUT2D eigenvalue weighted by Crippen LogP contribution is 2.14. The van der Waals surface area contributed by atoms with Crippen molar-refractivity contribution in [2.24, 2.45) is 0 Å². The third-order valence-corrected chi connectivity index (χ3v) is 7.18. The first-order chi connectivity index (χ1) is 14.4. The molecule has 30 heavy (non-hydrogen) atoms. The van der Waals surface area contributed by atoms with Gasteiger partial charge in [-0.2, -0.15) is 4.31 Å². The highest BCUT2D eigenvalue weighted by Gasteiger charge is 2.25. The number of methoxy groups -OCH3 is 1. The number of nitrogens with zero attached hydrogens (tertiary/aromatic N) is 2. The Kier molecular flexibility index (Phi) is 7.47. The Balaban J connectivity index is 1.53.